The number of pyridine rings is 1. The summed E-state index contributed by atoms with van der Waals surface area (Å²) in [5.41, 5.74) is 1.52. The van der Waals surface area contributed by atoms with Crippen molar-refractivity contribution in [2.75, 3.05) is 7.11 Å². The van der Waals surface area contributed by atoms with Crippen LogP contribution in [0.2, 0.25) is 0 Å². The summed E-state index contributed by atoms with van der Waals surface area (Å²) < 4.78 is 33.8. The minimum atomic E-state index is -3.00. The monoisotopic (exact) mass is 282 g/mol. The summed E-state index contributed by atoms with van der Waals surface area (Å²) in [6.07, 6.45) is 1.33. The Hall–Kier alpha value is -2.44. The van der Waals surface area contributed by atoms with E-state index in [1.807, 2.05) is 0 Å². The van der Waals surface area contributed by atoms with Crippen molar-refractivity contribution in [1.29, 1.82) is 0 Å². The predicted molar refractivity (Wildman–Crippen MR) is 66.7 cm³/mol. The normalized spacial score (nSPS) is 10.7. The minimum absolute atomic E-state index is 0.233. The number of carbonyl (C=O) groups is 1. The largest absolute Gasteiger partial charge is 0.465 e. The maximum atomic E-state index is 12.4. The van der Waals surface area contributed by atoms with Gasteiger partial charge in [0.2, 0.25) is 5.88 Å². The van der Waals surface area contributed by atoms with Crippen LogP contribution in [-0.4, -0.2) is 29.7 Å². The van der Waals surface area contributed by atoms with Crippen molar-refractivity contribution in [2.45, 2.75) is 13.5 Å². The number of hydrogen-bond acceptors (Lipinski definition) is 4. The number of H-pyrrole nitrogens is 1. The average molecular weight is 282 g/mol. The molecule has 0 amide bonds. The Labute approximate surface area is 113 Å². The van der Waals surface area contributed by atoms with Crippen molar-refractivity contribution in [3.8, 4) is 17.1 Å². The number of carbonyl (C=O) groups excluding carboxylic acids is 1. The molecule has 7 heteroatoms. The average Bonchev–Trinajstić information content (AvgIpc) is 2.79. The standard InChI is InChI=1S/C13H12F2N2O3/c1-7-6-9(12(18)19-2)10(17-7)8-4-3-5-16-11(8)20-13(14)15/h3-6,13,17H,1-2H3. The van der Waals surface area contributed by atoms with E-state index in [1.165, 1.54) is 19.4 Å². The quantitative estimate of drug-likeness (QED) is 0.876. The molecule has 5 nitrogen and oxygen atoms in total. The fourth-order valence-electron chi connectivity index (χ4n) is 1.83. The zero-order chi connectivity index (χ0) is 14.7. The molecule has 0 unspecified atom stereocenters. The zero-order valence-electron chi connectivity index (χ0n) is 10.8. The summed E-state index contributed by atoms with van der Waals surface area (Å²) in [5, 5.41) is 0. The highest BCUT2D eigenvalue weighted by atomic mass is 19.3. The Bertz CT molecular complexity index is 626. The van der Waals surface area contributed by atoms with Crippen molar-refractivity contribution in [3.63, 3.8) is 0 Å². The highest BCUT2D eigenvalue weighted by Crippen LogP contribution is 2.31. The maximum absolute atomic E-state index is 12.4. The second kappa shape index (κ2) is 5.68. The zero-order valence-corrected chi connectivity index (χ0v) is 10.8. The van der Waals surface area contributed by atoms with Crippen LogP contribution in [0.25, 0.3) is 11.3 Å². The lowest BCUT2D eigenvalue weighted by Gasteiger charge is -2.09. The van der Waals surface area contributed by atoms with E-state index in [0.29, 0.717) is 11.4 Å². The van der Waals surface area contributed by atoms with Gasteiger partial charge in [0.05, 0.1) is 23.9 Å². The van der Waals surface area contributed by atoms with E-state index in [4.69, 9.17) is 0 Å². The number of alkyl halides is 2. The Balaban J connectivity index is 2.54. The molecule has 0 saturated carbocycles. The summed E-state index contributed by atoms with van der Waals surface area (Å²) in [6.45, 7) is -1.26. The van der Waals surface area contributed by atoms with Crippen LogP contribution >= 0.6 is 0 Å². The molecule has 0 aliphatic heterocycles. The van der Waals surface area contributed by atoms with Crippen molar-refractivity contribution in [1.82, 2.24) is 9.97 Å². The van der Waals surface area contributed by atoms with Crippen LogP contribution in [0, 0.1) is 6.92 Å². The number of nitrogens with zero attached hydrogens (tertiary/aromatic N) is 1. The first-order valence-electron chi connectivity index (χ1n) is 5.71. The molecule has 0 atom stereocenters. The topological polar surface area (TPSA) is 64.2 Å². The van der Waals surface area contributed by atoms with Gasteiger partial charge in [-0.3, -0.25) is 0 Å². The molecule has 2 aromatic heterocycles. The number of hydrogen-bond donors (Lipinski definition) is 1. The SMILES string of the molecule is COC(=O)c1cc(C)[nH]c1-c1cccnc1OC(F)F. The van der Waals surface area contributed by atoms with Crippen LogP contribution in [0.15, 0.2) is 24.4 Å². The van der Waals surface area contributed by atoms with E-state index >= 15 is 0 Å². The van der Waals surface area contributed by atoms with E-state index in [0.717, 1.165) is 0 Å². The molecule has 0 radical (unpaired) electrons. The second-order valence-corrected chi connectivity index (χ2v) is 3.97. The van der Waals surface area contributed by atoms with Crippen LogP contribution in [0.1, 0.15) is 16.1 Å². The lowest BCUT2D eigenvalue weighted by Crippen LogP contribution is -2.06. The third-order valence-corrected chi connectivity index (χ3v) is 2.60. The highest BCUT2D eigenvalue weighted by molar-refractivity contribution is 5.97. The van der Waals surface area contributed by atoms with Gasteiger partial charge in [0.25, 0.3) is 0 Å². The third kappa shape index (κ3) is 2.76. The lowest BCUT2D eigenvalue weighted by molar-refractivity contribution is -0.0524. The minimum Gasteiger partial charge on any atom is -0.465 e. The Morgan fingerprint density at radius 1 is 1.45 bits per heavy atom. The third-order valence-electron chi connectivity index (χ3n) is 2.60. The smallest absolute Gasteiger partial charge is 0.388 e. The predicted octanol–water partition coefficient (Wildman–Crippen LogP) is 2.77. The molecule has 2 aromatic rings. The van der Waals surface area contributed by atoms with Gasteiger partial charge >= 0.3 is 12.6 Å². The van der Waals surface area contributed by atoms with Gasteiger partial charge in [0, 0.05) is 11.9 Å². The fraction of sp³-hybridized carbons (Fsp3) is 0.231. The lowest BCUT2D eigenvalue weighted by atomic mass is 10.1. The number of aromatic nitrogens is 2. The number of aromatic amines is 1. The summed E-state index contributed by atoms with van der Waals surface area (Å²) in [5.74, 6) is -0.828. The molecule has 20 heavy (non-hydrogen) atoms. The van der Waals surface area contributed by atoms with Gasteiger partial charge in [-0.15, -0.1) is 0 Å². The van der Waals surface area contributed by atoms with E-state index in [1.54, 1.807) is 19.1 Å². The van der Waals surface area contributed by atoms with Crippen molar-refractivity contribution in [2.24, 2.45) is 0 Å². The van der Waals surface area contributed by atoms with E-state index < -0.39 is 12.6 Å². The summed E-state index contributed by atoms with van der Waals surface area (Å²) in [7, 11) is 1.24. The number of esters is 1. The molecule has 0 fully saturated rings. The highest BCUT2D eigenvalue weighted by Gasteiger charge is 2.21. The van der Waals surface area contributed by atoms with Gasteiger partial charge in [0.15, 0.2) is 0 Å². The molecule has 0 bridgehead atoms. The van der Waals surface area contributed by atoms with Crippen molar-refractivity contribution >= 4 is 5.97 Å². The maximum Gasteiger partial charge on any atom is 0.388 e. The van der Waals surface area contributed by atoms with E-state index in [2.05, 4.69) is 19.4 Å². The number of methoxy groups -OCH3 is 1. The van der Waals surface area contributed by atoms with Gasteiger partial charge in [0.1, 0.15) is 0 Å². The molecular weight excluding hydrogens is 270 g/mol. The number of aryl methyl sites for hydroxylation is 1. The van der Waals surface area contributed by atoms with Gasteiger partial charge in [-0.2, -0.15) is 8.78 Å². The second-order valence-electron chi connectivity index (χ2n) is 3.97. The van der Waals surface area contributed by atoms with E-state index in [-0.39, 0.29) is 17.0 Å². The summed E-state index contributed by atoms with van der Waals surface area (Å²) >= 11 is 0. The fourth-order valence-corrected chi connectivity index (χ4v) is 1.83. The molecule has 2 heterocycles. The van der Waals surface area contributed by atoms with Gasteiger partial charge in [-0.05, 0) is 25.1 Å². The number of ether oxygens (including phenoxy) is 2. The molecule has 0 saturated heterocycles. The molecule has 106 valence electrons. The summed E-state index contributed by atoms with van der Waals surface area (Å²) in [6, 6.07) is 4.66. The van der Waals surface area contributed by atoms with Crippen molar-refractivity contribution < 1.29 is 23.0 Å². The Morgan fingerprint density at radius 2 is 2.20 bits per heavy atom. The van der Waals surface area contributed by atoms with E-state index in [9.17, 15) is 13.6 Å². The molecule has 0 aliphatic rings. The van der Waals surface area contributed by atoms with Gasteiger partial charge in [-0.25, -0.2) is 9.78 Å². The Kier molecular flexibility index (Phi) is 3.97. The van der Waals surface area contributed by atoms with Crippen LogP contribution in [0.4, 0.5) is 8.78 Å². The first-order chi connectivity index (χ1) is 9.52. The van der Waals surface area contributed by atoms with Crippen LogP contribution < -0.4 is 4.74 Å². The molecule has 1 N–H and O–H groups in total. The van der Waals surface area contributed by atoms with Crippen molar-refractivity contribution in [3.05, 3.63) is 35.7 Å². The molecule has 0 spiro atoms. The number of rotatable bonds is 4. The Morgan fingerprint density at radius 3 is 2.85 bits per heavy atom. The first-order valence-corrected chi connectivity index (χ1v) is 5.71. The van der Waals surface area contributed by atoms with Crippen LogP contribution in [0.3, 0.4) is 0 Å². The molecular formula is C13H12F2N2O3. The first kappa shape index (κ1) is 14.0. The molecule has 2 rings (SSSR count). The van der Waals surface area contributed by atoms with Gasteiger partial charge < -0.3 is 14.5 Å². The number of halogens is 2. The molecule has 0 aromatic carbocycles. The molecule has 0 aliphatic carbocycles. The summed E-state index contributed by atoms with van der Waals surface area (Å²) in [4.78, 5) is 18.4. The number of nitrogens with one attached hydrogen (secondary N) is 1. The van der Waals surface area contributed by atoms with Gasteiger partial charge in [-0.1, -0.05) is 0 Å². The van der Waals surface area contributed by atoms with Crippen LogP contribution in [-0.2, 0) is 4.74 Å². The van der Waals surface area contributed by atoms with Crippen LogP contribution in [0.5, 0.6) is 5.88 Å².